The molecule has 2 saturated carbocycles. The van der Waals surface area contributed by atoms with E-state index in [1.165, 1.54) is 38.5 Å². The molecule has 7 nitrogen and oxygen atoms in total. The molecule has 5 fully saturated rings. The van der Waals surface area contributed by atoms with Crippen LogP contribution in [0.3, 0.4) is 0 Å². The van der Waals surface area contributed by atoms with Crippen LogP contribution in [0.15, 0.2) is 0 Å². The number of nitrogens with one attached hydrogen (secondary N) is 3. The molecule has 5 aliphatic rings. The molecule has 0 aromatic carbocycles. The van der Waals surface area contributed by atoms with Gasteiger partial charge in [-0.05, 0) is 75.5 Å². The van der Waals surface area contributed by atoms with Crippen molar-refractivity contribution < 1.29 is 9.53 Å². The number of carbonyl (C=O) groups is 1. The van der Waals surface area contributed by atoms with E-state index in [9.17, 15) is 4.79 Å². The first-order valence-electron chi connectivity index (χ1n) is 14.3. The van der Waals surface area contributed by atoms with Crippen molar-refractivity contribution in [2.75, 3.05) is 39.8 Å². The number of nitrogens with zero attached hydrogens (tertiary/aromatic N) is 2. The predicted molar refractivity (Wildman–Crippen MR) is 135 cm³/mol. The van der Waals surface area contributed by atoms with Gasteiger partial charge in [0, 0.05) is 57.8 Å². The molecule has 0 bridgehead atoms. The molecule has 0 radical (unpaired) electrons. The highest BCUT2D eigenvalue weighted by Crippen LogP contribution is 2.35. The Balaban J connectivity index is 1.12. The third-order valence-electron chi connectivity index (χ3n) is 9.96. The number of piperidine rings is 1. The van der Waals surface area contributed by atoms with E-state index < -0.39 is 0 Å². The van der Waals surface area contributed by atoms with Crippen LogP contribution in [0.2, 0.25) is 0 Å². The summed E-state index contributed by atoms with van der Waals surface area (Å²) in [7, 11) is 1.86. The van der Waals surface area contributed by atoms with Crippen LogP contribution in [0, 0.1) is 23.7 Å². The van der Waals surface area contributed by atoms with Crippen LogP contribution in [0.5, 0.6) is 0 Å². The average molecular weight is 476 g/mol. The number of ether oxygens (including phenoxy) is 1. The maximum Gasteiger partial charge on any atom is 0.225 e. The molecule has 5 rings (SSSR count). The number of hydrogen-bond donors (Lipinski definition) is 3. The number of rotatable bonds is 5. The van der Waals surface area contributed by atoms with Crippen molar-refractivity contribution in [3.05, 3.63) is 0 Å². The molecule has 3 N–H and O–H groups in total. The predicted octanol–water partition coefficient (Wildman–Crippen LogP) is 2.37. The van der Waals surface area contributed by atoms with Crippen molar-refractivity contribution in [1.82, 2.24) is 25.8 Å². The summed E-state index contributed by atoms with van der Waals surface area (Å²) in [5, 5.41) is 11.6. The molecule has 2 aliphatic carbocycles. The SMILES string of the molecule is COC1CCC(C2CNC3C(NC4CCC(C(=O)N5CCC(C)CC5)C(C)C4)NCCN23)CC1. The maximum atomic E-state index is 13.2. The van der Waals surface area contributed by atoms with E-state index in [0.29, 0.717) is 42.3 Å². The second kappa shape index (κ2) is 11.1. The van der Waals surface area contributed by atoms with Gasteiger partial charge in [0.25, 0.3) is 0 Å². The fraction of sp³-hybridized carbons (Fsp3) is 0.963. The lowest BCUT2D eigenvalue weighted by Gasteiger charge is -2.45. The first-order valence-corrected chi connectivity index (χ1v) is 14.3. The summed E-state index contributed by atoms with van der Waals surface area (Å²) in [6.07, 6.45) is 11.8. The Labute approximate surface area is 207 Å². The van der Waals surface area contributed by atoms with Crippen molar-refractivity contribution >= 4 is 5.91 Å². The van der Waals surface area contributed by atoms with Gasteiger partial charge in [-0.3, -0.25) is 25.6 Å². The third-order valence-corrected chi connectivity index (χ3v) is 9.96. The summed E-state index contributed by atoms with van der Waals surface area (Å²) < 4.78 is 5.61. The molecule has 0 aromatic rings. The molecule has 3 aliphatic heterocycles. The zero-order valence-electron chi connectivity index (χ0n) is 21.8. The van der Waals surface area contributed by atoms with Gasteiger partial charge in [0.05, 0.1) is 18.4 Å². The van der Waals surface area contributed by atoms with Crippen molar-refractivity contribution in [3.8, 4) is 0 Å². The topological polar surface area (TPSA) is 68.9 Å². The highest BCUT2D eigenvalue weighted by Gasteiger charge is 2.45. The van der Waals surface area contributed by atoms with Gasteiger partial charge in [0.2, 0.25) is 5.91 Å². The number of methoxy groups -OCH3 is 1. The number of carbonyl (C=O) groups excluding carboxylic acids is 1. The normalized spacial score (nSPS) is 42.5. The Bertz CT molecular complexity index is 676. The minimum Gasteiger partial charge on any atom is -0.381 e. The average Bonchev–Trinajstić information content (AvgIpc) is 3.29. The molecule has 3 heterocycles. The van der Waals surface area contributed by atoms with Crippen molar-refractivity contribution in [2.24, 2.45) is 23.7 Å². The van der Waals surface area contributed by atoms with Gasteiger partial charge >= 0.3 is 0 Å². The number of piperazine rings is 1. The number of likely N-dealkylation sites (tertiary alicyclic amines) is 1. The fourth-order valence-electron chi connectivity index (χ4n) is 7.69. The standard InChI is InChI=1S/C27H49N5O2/c1-18-10-13-31(14-11-18)27(33)23-9-6-21(16-19(23)2)30-25-26-29-17-24(32(26)15-12-28-25)20-4-7-22(34-3)8-5-20/h18-26,28-30H,4-17H2,1-3H3. The Morgan fingerprint density at radius 3 is 2.41 bits per heavy atom. The Hall–Kier alpha value is -0.730. The second-order valence-corrected chi connectivity index (χ2v) is 12.1. The largest absolute Gasteiger partial charge is 0.381 e. The van der Waals surface area contributed by atoms with E-state index in [4.69, 9.17) is 4.74 Å². The summed E-state index contributed by atoms with van der Waals surface area (Å²) in [6, 6.07) is 1.16. The molecule has 3 saturated heterocycles. The summed E-state index contributed by atoms with van der Waals surface area (Å²) in [6.45, 7) is 9.85. The van der Waals surface area contributed by atoms with E-state index in [0.717, 1.165) is 63.8 Å². The Morgan fingerprint density at radius 1 is 0.941 bits per heavy atom. The van der Waals surface area contributed by atoms with E-state index in [1.807, 2.05) is 7.11 Å². The molecule has 34 heavy (non-hydrogen) atoms. The number of hydrogen-bond acceptors (Lipinski definition) is 6. The smallest absolute Gasteiger partial charge is 0.225 e. The first-order chi connectivity index (χ1) is 16.5. The molecule has 6 unspecified atom stereocenters. The molecule has 1 amide bonds. The summed E-state index contributed by atoms with van der Waals surface area (Å²) in [5.41, 5.74) is 0. The minimum atomic E-state index is 0.221. The highest BCUT2D eigenvalue weighted by atomic mass is 16.5. The summed E-state index contributed by atoms with van der Waals surface area (Å²) >= 11 is 0. The molecule has 194 valence electrons. The first kappa shape index (κ1) is 24.9. The van der Waals surface area contributed by atoms with Gasteiger partial charge in [0.1, 0.15) is 0 Å². The molecular weight excluding hydrogens is 426 g/mol. The van der Waals surface area contributed by atoms with Crippen molar-refractivity contribution in [1.29, 1.82) is 0 Å². The zero-order chi connectivity index (χ0) is 23.7. The van der Waals surface area contributed by atoms with Crippen molar-refractivity contribution in [3.63, 3.8) is 0 Å². The lowest BCUT2D eigenvalue weighted by molar-refractivity contribution is -0.139. The highest BCUT2D eigenvalue weighted by molar-refractivity contribution is 5.79. The van der Waals surface area contributed by atoms with Gasteiger partial charge < -0.3 is 9.64 Å². The van der Waals surface area contributed by atoms with Crippen LogP contribution < -0.4 is 16.0 Å². The summed E-state index contributed by atoms with van der Waals surface area (Å²) in [5.74, 6) is 2.68. The summed E-state index contributed by atoms with van der Waals surface area (Å²) in [4.78, 5) is 18.1. The van der Waals surface area contributed by atoms with Crippen LogP contribution in [0.4, 0.5) is 0 Å². The van der Waals surface area contributed by atoms with E-state index in [-0.39, 0.29) is 5.92 Å². The lowest BCUT2D eigenvalue weighted by atomic mass is 9.76. The maximum absolute atomic E-state index is 13.2. The molecule has 0 spiro atoms. The van der Waals surface area contributed by atoms with Crippen LogP contribution in [-0.4, -0.2) is 86.1 Å². The van der Waals surface area contributed by atoms with Gasteiger partial charge in [-0.15, -0.1) is 0 Å². The monoisotopic (exact) mass is 475 g/mol. The third kappa shape index (κ3) is 5.34. The molecule has 6 atom stereocenters. The van der Waals surface area contributed by atoms with Gasteiger partial charge in [-0.1, -0.05) is 13.8 Å². The van der Waals surface area contributed by atoms with Crippen LogP contribution in [0.25, 0.3) is 0 Å². The van der Waals surface area contributed by atoms with E-state index in [2.05, 4.69) is 39.6 Å². The van der Waals surface area contributed by atoms with Crippen LogP contribution in [-0.2, 0) is 9.53 Å². The van der Waals surface area contributed by atoms with Gasteiger partial charge in [-0.2, -0.15) is 0 Å². The van der Waals surface area contributed by atoms with E-state index >= 15 is 0 Å². The molecular formula is C27H49N5O2. The fourth-order valence-corrected chi connectivity index (χ4v) is 7.69. The van der Waals surface area contributed by atoms with Gasteiger partial charge in [-0.25, -0.2) is 0 Å². The lowest BCUT2D eigenvalue weighted by Crippen LogP contribution is -2.67. The van der Waals surface area contributed by atoms with E-state index in [1.54, 1.807) is 0 Å². The number of amides is 1. The van der Waals surface area contributed by atoms with Gasteiger partial charge in [0.15, 0.2) is 0 Å². The Kier molecular flexibility index (Phi) is 8.16. The zero-order valence-corrected chi connectivity index (χ0v) is 21.8. The quantitative estimate of drug-likeness (QED) is 0.567. The number of fused-ring (bicyclic) bond motifs is 1. The van der Waals surface area contributed by atoms with Crippen LogP contribution in [0.1, 0.15) is 71.6 Å². The van der Waals surface area contributed by atoms with Crippen LogP contribution >= 0.6 is 0 Å². The molecule has 7 heteroatoms. The minimum absolute atomic E-state index is 0.221. The Morgan fingerprint density at radius 2 is 1.71 bits per heavy atom. The molecule has 0 aromatic heterocycles. The second-order valence-electron chi connectivity index (χ2n) is 12.1. The van der Waals surface area contributed by atoms with Crippen molar-refractivity contribution in [2.45, 2.75) is 102 Å².